The molecule has 0 N–H and O–H groups in total. The van der Waals surface area contributed by atoms with E-state index < -0.39 is 0 Å². The van der Waals surface area contributed by atoms with Crippen molar-refractivity contribution in [3.05, 3.63) is 35.4 Å². The van der Waals surface area contributed by atoms with Crippen LogP contribution in [0.5, 0.6) is 0 Å². The summed E-state index contributed by atoms with van der Waals surface area (Å²) in [6.07, 6.45) is 0.621. The van der Waals surface area contributed by atoms with Gasteiger partial charge in [0.25, 0.3) is 0 Å². The number of hydrogen-bond donors (Lipinski definition) is 0. The highest BCUT2D eigenvalue weighted by Crippen LogP contribution is 2.29. The summed E-state index contributed by atoms with van der Waals surface area (Å²) in [4.78, 5) is 13.4. The van der Waals surface area contributed by atoms with Crippen molar-refractivity contribution in [2.24, 2.45) is 0 Å². The summed E-state index contributed by atoms with van der Waals surface area (Å²) >= 11 is 0. The second-order valence-corrected chi connectivity index (χ2v) is 6.22. The second kappa shape index (κ2) is 4.75. The molecule has 0 atom stereocenters. The molecule has 1 aromatic rings. The van der Waals surface area contributed by atoms with Crippen LogP contribution < -0.4 is 0 Å². The zero-order valence-electron chi connectivity index (χ0n) is 11.9. The fraction of sp³-hybridized carbons (Fsp3) is 0.562. The van der Waals surface area contributed by atoms with Crippen molar-refractivity contribution >= 4 is 5.91 Å². The number of rotatable bonds is 2. The zero-order valence-corrected chi connectivity index (χ0v) is 11.9. The fourth-order valence-corrected chi connectivity index (χ4v) is 2.37. The predicted octanol–water partition coefficient (Wildman–Crippen LogP) is 3.32. The lowest BCUT2D eigenvalue weighted by Crippen LogP contribution is -2.48. The quantitative estimate of drug-likeness (QED) is 0.782. The lowest BCUT2D eigenvalue weighted by molar-refractivity contribution is -0.135. The van der Waals surface area contributed by atoms with Crippen molar-refractivity contribution < 1.29 is 4.79 Å². The van der Waals surface area contributed by atoms with Gasteiger partial charge in [0.1, 0.15) is 0 Å². The van der Waals surface area contributed by atoms with E-state index >= 15 is 0 Å². The largest absolute Gasteiger partial charge is 0.341 e. The summed E-state index contributed by atoms with van der Waals surface area (Å²) in [6.45, 7) is 10.4. The Kier molecular flexibility index (Phi) is 3.47. The van der Waals surface area contributed by atoms with Gasteiger partial charge in [-0.3, -0.25) is 4.79 Å². The third kappa shape index (κ3) is 2.58. The Bertz CT molecular complexity index is 421. The zero-order chi connectivity index (χ0) is 13.3. The Hall–Kier alpha value is -1.31. The third-order valence-corrected chi connectivity index (χ3v) is 3.78. The molecule has 1 aromatic carbocycles. The molecule has 1 fully saturated rings. The van der Waals surface area contributed by atoms with E-state index in [1.54, 1.807) is 0 Å². The van der Waals surface area contributed by atoms with E-state index in [0.29, 0.717) is 12.3 Å². The molecule has 0 aliphatic carbocycles. The Morgan fingerprint density at radius 1 is 1.22 bits per heavy atom. The maximum atomic E-state index is 11.5. The Labute approximate surface area is 110 Å². The van der Waals surface area contributed by atoms with Crippen LogP contribution in [-0.4, -0.2) is 23.9 Å². The molecule has 98 valence electrons. The number of carbonyl (C=O) groups is 1. The van der Waals surface area contributed by atoms with Crippen LogP contribution in [0.3, 0.4) is 0 Å². The fourth-order valence-electron chi connectivity index (χ4n) is 2.37. The van der Waals surface area contributed by atoms with Gasteiger partial charge in [0.05, 0.1) is 0 Å². The molecule has 2 rings (SSSR count). The molecule has 0 aromatic heterocycles. The van der Waals surface area contributed by atoms with Crippen LogP contribution in [0, 0.1) is 0 Å². The van der Waals surface area contributed by atoms with E-state index in [0.717, 1.165) is 13.1 Å². The maximum absolute atomic E-state index is 11.5. The molecule has 0 spiro atoms. The number of likely N-dealkylation sites (tertiary alicyclic amines) is 1. The molecule has 1 amide bonds. The molecular formula is C16H23NO. The normalized spacial score (nSPS) is 16.6. The van der Waals surface area contributed by atoms with Gasteiger partial charge in [-0.2, -0.15) is 0 Å². The molecule has 18 heavy (non-hydrogen) atoms. The molecule has 1 heterocycles. The number of amides is 1. The summed E-state index contributed by atoms with van der Waals surface area (Å²) in [7, 11) is 0. The number of carbonyl (C=O) groups excluding carboxylic acids is 1. The summed E-state index contributed by atoms with van der Waals surface area (Å²) in [5.41, 5.74) is 2.94. The van der Waals surface area contributed by atoms with Crippen LogP contribution in [0.15, 0.2) is 24.3 Å². The number of hydrogen-bond acceptors (Lipinski definition) is 1. The van der Waals surface area contributed by atoms with Crippen molar-refractivity contribution in [1.82, 2.24) is 4.90 Å². The smallest absolute Gasteiger partial charge is 0.222 e. The van der Waals surface area contributed by atoms with Crippen molar-refractivity contribution in [2.75, 3.05) is 13.1 Å². The van der Waals surface area contributed by atoms with E-state index in [1.165, 1.54) is 11.1 Å². The molecular weight excluding hydrogens is 222 g/mol. The summed E-state index contributed by atoms with van der Waals surface area (Å²) < 4.78 is 0. The predicted molar refractivity (Wildman–Crippen MR) is 74.8 cm³/mol. The first kappa shape index (κ1) is 13.1. The Morgan fingerprint density at radius 2 is 1.78 bits per heavy atom. The minimum absolute atomic E-state index is 0.211. The summed E-state index contributed by atoms with van der Waals surface area (Å²) in [5.74, 6) is 0.812. The summed E-state index contributed by atoms with van der Waals surface area (Å²) in [6, 6.07) is 8.89. The highest BCUT2D eigenvalue weighted by atomic mass is 16.2. The standard InChI is InChI=1S/C16H23NO/c1-5-15(18)17-10-13(11-17)12-6-8-14(9-7-12)16(2,3)4/h6-9,13H,5,10-11H2,1-4H3. The highest BCUT2D eigenvalue weighted by Gasteiger charge is 2.30. The Morgan fingerprint density at radius 3 is 2.22 bits per heavy atom. The average molecular weight is 245 g/mol. The Balaban J connectivity index is 1.99. The third-order valence-electron chi connectivity index (χ3n) is 3.78. The first-order chi connectivity index (χ1) is 8.41. The van der Waals surface area contributed by atoms with Crippen LogP contribution in [0.4, 0.5) is 0 Å². The topological polar surface area (TPSA) is 20.3 Å². The maximum Gasteiger partial charge on any atom is 0.222 e. The number of nitrogens with zero attached hydrogens (tertiary/aromatic N) is 1. The molecule has 2 nitrogen and oxygen atoms in total. The monoisotopic (exact) mass is 245 g/mol. The second-order valence-electron chi connectivity index (χ2n) is 6.22. The molecule has 0 bridgehead atoms. The molecule has 1 aliphatic rings. The van der Waals surface area contributed by atoms with Crippen LogP contribution in [0.25, 0.3) is 0 Å². The van der Waals surface area contributed by atoms with Gasteiger partial charge in [-0.05, 0) is 16.5 Å². The van der Waals surface area contributed by atoms with Crippen LogP contribution in [-0.2, 0) is 10.2 Å². The molecule has 1 aliphatic heterocycles. The first-order valence-electron chi connectivity index (χ1n) is 6.80. The minimum Gasteiger partial charge on any atom is -0.341 e. The van der Waals surface area contributed by atoms with Crippen molar-refractivity contribution in [3.8, 4) is 0 Å². The summed E-state index contributed by atoms with van der Waals surface area (Å²) in [5, 5.41) is 0. The van der Waals surface area contributed by atoms with Gasteiger partial charge in [0.15, 0.2) is 0 Å². The van der Waals surface area contributed by atoms with Crippen molar-refractivity contribution in [3.63, 3.8) is 0 Å². The van der Waals surface area contributed by atoms with E-state index in [2.05, 4.69) is 45.0 Å². The minimum atomic E-state index is 0.211. The van der Waals surface area contributed by atoms with Gasteiger partial charge >= 0.3 is 0 Å². The molecule has 0 saturated carbocycles. The van der Waals surface area contributed by atoms with Gasteiger partial charge in [-0.25, -0.2) is 0 Å². The van der Waals surface area contributed by atoms with E-state index in [1.807, 2.05) is 11.8 Å². The van der Waals surface area contributed by atoms with E-state index in [4.69, 9.17) is 0 Å². The van der Waals surface area contributed by atoms with Gasteiger partial charge < -0.3 is 4.90 Å². The highest BCUT2D eigenvalue weighted by molar-refractivity contribution is 5.77. The first-order valence-corrected chi connectivity index (χ1v) is 6.80. The van der Waals surface area contributed by atoms with Crippen LogP contribution in [0.2, 0.25) is 0 Å². The van der Waals surface area contributed by atoms with Gasteiger partial charge in [0.2, 0.25) is 5.91 Å². The molecule has 1 saturated heterocycles. The van der Waals surface area contributed by atoms with Gasteiger partial charge in [0, 0.05) is 25.4 Å². The van der Waals surface area contributed by atoms with Crippen molar-refractivity contribution in [2.45, 2.75) is 45.4 Å². The lowest BCUT2D eigenvalue weighted by Gasteiger charge is -2.39. The molecule has 2 heteroatoms. The average Bonchev–Trinajstić information content (AvgIpc) is 2.26. The van der Waals surface area contributed by atoms with Gasteiger partial charge in [-0.15, -0.1) is 0 Å². The lowest BCUT2D eigenvalue weighted by atomic mass is 9.84. The van der Waals surface area contributed by atoms with Gasteiger partial charge in [-0.1, -0.05) is 52.0 Å². The molecule has 0 radical (unpaired) electrons. The molecule has 0 unspecified atom stereocenters. The van der Waals surface area contributed by atoms with E-state index in [-0.39, 0.29) is 11.3 Å². The SMILES string of the molecule is CCC(=O)N1CC(c2ccc(C(C)(C)C)cc2)C1. The van der Waals surface area contributed by atoms with Crippen LogP contribution in [0.1, 0.15) is 51.2 Å². The van der Waals surface area contributed by atoms with Crippen LogP contribution >= 0.6 is 0 Å². The van der Waals surface area contributed by atoms with E-state index in [9.17, 15) is 4.79 Å². The van der Waals surface area contributed by atoms with Crippen molar-refractivity contribution in [1.29, 1.82) is 0 Å². The number of benzene rings is 1.